The van der Waals surface area contributed by atoms with Gasteiger partial charge in [-0.3, -0.25) is 9.69 Å². The van der Waals surface area contributed by atoms with E-state index in [9.17, 15) is 15.0 Å². The largest absolute Gasteiger partial charge is 0.396 e. The topological polar surface area (TPSA) is 72.8 Å². The van der Waals surface area contributed by atoms with Crippen LogP contribution in [0.5, 0.6) is 0 Å². The lowest BCUT2D eigenvalue weighted by atomic mass is 9.92. The Hall–Kier alpha value is -1.14. The zero-order chi connectivity index (χ0) is 16.9. The van der Waals surface area contributed by atoms with Gasteiger partial charge in [0.2, 0.25) is 5.91 Å². The number of hydrogen-bond donors (Lipinski definition) is 3. The number of halogens is 1. The molecule has 22 heavy (non-hydrogen) atoms. The standard InChI is InChI=1S/C16H25ClN2O3/c1-11-5-6-13(17)7-14(11)18-15(22)12(2)19(4)8-16(3,9-20)10-21/h5-7,12,20-21H,8-10H2,1-4H3,(H,18,22). The van der Waals surface area contributed by atoms with Crippen molar-refractivity contribution in [1.29, 1.82) is 0 Å². The predicted octanol–water partition coefficient (Wildman–Crippen LogP) is 1.90. The number of aliphatic hydroxyl groups excluding tert-OH is 2. The van der Waals surface area contributed by atoms with Crippen LogP contribution in [0.4, 0.5) is 5.69 Å². The third-order valence-corrected chi connectivity index (χ3v) is 4.13. The second-order valence-corrected chi connectivity index (χ2v) is 6.60. The summed E-state index contributed by atoms with van der Waals surface area (Å²) in [6.07, 6.45) is 0. The van der Waals surface area contributed by atoms with Crippen LogP contribution >= 0.6 is 11.6 Å². The van der Waals surface area contributed by atoms with Crippen molar-refractivity contribution in [3.05, 3.63) is 28.8 Å². The highest BCUT2D eigenvalue weighted by Crippen LogP contribution is 2.21. The van der Waals surface area contributed by atoms with Crippen molar-refractivity contribution in [2.75, 3.05) is 32.1 Å². The van der Waals surface area contributed by atoms with Gasteiger partial charge >= 0.3 is 0 Å². The molecule has 1 aromatic carbocycles. The molecular weight excluding hydrogens is 304 g/mol. The molecule has 1 amide bonds. The van der Waals surface area contributed by atoms with E-state index in [1.54, 1.807) is 33.0 Å². The maximum atomic E-state index is 12.4. The van der Waals surface area contributed by atoms with Crippen molar-refractivity contribution in [1.82, 2.24) is 4.90 Å². The molecule has 3 N–H and O–H groups in total. The number of rotatable bonds is 7. The van der Waals surface area contributed by atoms with Crippen molar-refractivity contribution < 1.29 is 15.0 Å². The fourth-order valence-corrected chi connectivity index (χ4v) is 2.23. The monoisotopic (exact) mass is 328 g/mol. The fourth-order valence-electron chi connectivity index (χ4n) is 2.06. The van der Waals surface area contributed by atoms with Gasteiger partial charge in [-0.2, -0.15) is 0 Å². The van der Waals surface area contributed by atoms with E-state index in [4.69, 9.17) is 11.6 Å². The summed E-state index contributed by atoms with van der Waals surface area (Å²) in [7, 11) is 1.79. The Morgan fingerprint density at radius 1 is 1.41 bits per heavy atom. The molecule has 0 bridgehead atoms. The van der Waals surface area contributed by atoms with E-state index in [2.05, 4.69) is 5.32 Å². The zero-order valence-corrected chi connectivity index (χ0v) is 14.3. The lowest BCUT2D eigenvalue weighted by Crippen LogP contribution is -2.47. The molecule has 1 aromatic rings. The van der Waals surface area contributed by atoms with Crippen LogP contribution < -0.4 is 5.32 Å². The van der Waals surface area contributed by atoms with E-state index >= 15 is 0 Å². The number of benzene rings is 1. The van der Waals surface area contributed by atoms with Gasteiger partial charge in [-0.1, -0.05) is 24.6 Å². The molecule has 0 fully saturated rings. The second kappa shape index (κ2) is 7.92. The molecule has 0 aromatic heterocycles. The highest BCUT2D eigenvalue weighted by atomic mass is 35.5. The van der Waals surface area contributed by atoms with Gasteiger partial charge in [-0.05, 0) is 38.6 Å². The van der Waals surface area contributed by atoms with Gasteiger partial charge in [0, 0.05) is 22.7 Å². The number of amides is 1. The van der Waals surface area contributed by atoms with Crippen LogP contribution in [0.2, 0.25) is 5.02 Å². The molecule has 1 rings (SSSR count). The van der Waals surface area contributed by atoms with Gasteiger partial charge in [0.25, 0.3) is 0 Å². The lowest BCUT2D eigenvalue weighted by molar-refractivity contribution is -0.121. The summed E-state index contributed by atoms with van der Waals surface area (Å²) in [4.78, 5) is 14.2. The first-order valence-corrected chi connectivity index (χ1v) is 7.59. The van der Waals surface area contributed by atoms with Gasteiger partial charge in [-0.25, -0.2) is 0 Å². The molecule has 0 aliphatic carbocycles. The third-order valence-electron chi connectivity index (χ3n) is 3.89. The molecule has 1 atom stereocenters. The van der Waals surface area contributed by atoms with Crippen LogP contribution in [0.1, 0.15) is 19.4 Å². The second-order valence-electron chi connectivity index (χ2n) is 6.17. The van der Waals surface area contributed by atoms with E-state index in [1.807, 2.05) is 17.9 Å². The van der Waals surface area contributed by atoms with Gasteiger partial charge in [0.15, 0.2) is 0 Å². The Labute approximate surface area is 136 Å². The van der Waals surface area contributed by atoms with Crippen molar-refractivity contribution in [3.8, 4) is 0 Å². The summed E-state index contributed by atoms with van der Waals surface area (Å²) in [5.41, 5.74) is 0.975. The Morgan fingerprint density at radius 2 is 2.00 bits per heavy atom. The van der Waals surface area contributed by atoms with Crippen molar-refractivity contribution in [2.45, 2.75) is 26.8 Å². The highest BCUT2D eigenvalue weighted by molar-refractivity contribution is 6.31. The number of aliphatic hydroxyl groups is 2. The molecule has 0 heterocycles. The van der Waals surface area contributed by atoms with Gasteiger partial charge in [-0.15, -0.1) is 0 Å². The first kappa shape index (κ1) is 18.9. The first-order chi connectivity index (χ1) is 10.2. The molecule has 0 saturated carbocycles. The van der Waals surface area contributed by atoms with Crippen LogP contribution in [-0.2, 0) is 4.79 Å². The molecular formula is C16H25ClN2O3. The molecule has 0 radical (unpaired) electrons. The van der Waals surface area contributed by atoms with Crippen LogP contribution in [0.25, 0.3) is 0 Å². The number of likely N-dealkylation sites (N-methyl/N-ethyl adjacent to an activating group) is 1. The number of carbonyl (C=O) groups is 1. The summed E-state index contributed by atoms with van der Waals surface area (Å²) < 4.78 is 0. The van der Waals surface area contributed by atoms with Crippen LogP contribution in [-0.4, -0.2) is 53.9 Å². The smallest absolute Gasteiger partial charge is 0.241 e. The van der Waals surface area contributed by atoms with Gasteiger partial charge in [0.1, 0.15) is 0 Å². The molecule has 0 aliphatic rings. The molecule has 0 aliphatic heterocycles. The third kappa shape index (κ3) is 4.95. The van der Waals surface area contributed by atoms with Crippen LogP contribution in [0.3, 0.4) is 0 Å². The summed E-state index contributed by atoms with van der Waals surface area (Å²) in [6.45, 7) is 5.57. The number of nitrogens with one attached hydrogen (secondary N) is 1. The van der Waals surface area contributed by atoms with E-state index in [0.717, 1.165) is 5.56 Å². The number of carbonyl (C=O) groups excluding carboxylic acids is 1. The first-order valence-electron chi connectivity index (χ1n) is 7.21. The molecule has 6 heteroatoms. The zero-order valence-electron chi connectivity index (χ0n) is 13.6. The normalized spacial score (nSPS) is 13.3. The van der Waals surface area contributed by atoms with E-state index in [1.165, 1.54) is 0 Å². The number of anilines is 1. The number of hydrogen-bond acceptors (Lipinski definition) is 4. The Kier molecular flexibility index (Phi) is 6.81. The number of nitrogens with zero attached hydrogens (tertiary/aromatic N) is 1. The van der Waals surface area contributed by atoms with E-state index in [0.29, 0.717) is 17.3 Å². The highest BCUT2D eigenvalue weighted by Gasteiger charge is 2.28. The summed E-state index contributed by atoms with van der Waals surface area (Å²) >= 11 is 5.95. The van der Waals surface area contributed by atoms with Crippen LogP contribution in [0.15, 0.2) is 18.2 Å². The van der Waals surface area contributed by atoms with Crippen LogP contribution in [0, 0.1) is 12.3 Å². The molecule has 5 nitrogen and oxygen atoms in total. The molecule has 0 saturated heterocycles. The minimum atomic E-state index is -0.644. The van der Waals surface area contributed by atoms with Gasteiger partial charge < -0.3 is 15.5 Å². The fraction of sp³-hybridized carbons (Fsp3) is 0.562. The number of aryl methyl sites for hydroxylation is 1. The van der Waals surface area contributed by atoms with Crippen molar-refractivity contribution in [3.63, 3.8) is 0 Å². The summed E-state index contributed by atoms with van der Waals surface area (Å²) in [6, 6.07) is 4.93. The predicted molar refractivity (Wildman–Crippen MR) is 89.2 cm³/mol. The Morgan fingerprint density at radius 3 is 2.55 bits per heavy atom. The van der Waals surface area contributed by atoms with E-state index < -0.39 is 11.5 Å². The SMILES string of the molecule is Cc1ccc(Cl)cc1NC(=O)C(C)N(C)CC(C)(CO)CO. The summed E-state index contributed by atoms with van der Waals surface area (Å²) in [5, 5.41) is 22.1. The maximum Gasteiger partial charge on any atom is 0.241 e. The minimum Gasteiger partial charge on any atom is -0.396 e. The van der Waals surface area contributed by atoms with Crippen molar-refractivity contribution in [2.24, 2.45) is 5.41 Å². The molecule has 1 unspecified atom stereocenters. The lowest BCUT2D eigenvalue weighted by Gasteiger charge is -2.33. The quantitative estimate of drug-likeness (QED) is 0.715. The summed E-state index contributed by atoms with van der Waals surface area (Å²) in [5.74, 6) is -0.161. The minimum absolute atomic E-state index is 0.143. The average molecular weight is 329 g/mol. The average Bonchev–Trinajstić information content (AvgIpc) is 2.49. The van der Waals surface area contributed by atoms with Crippen molar-refractivity contribution >= 4 is 23.2 Å². The Balaban J connectivity index is 2.74. The molecule has 124 valence electrons. The van der Waals surface area contributed by atoms with Gasteiger partial charge in [0.05, 0.1) is 19.3 Å². The maximum absolute atomic E-state index is 12.4. The van der Waals surface area contributed by atoms with E-state index in [-0.39, 0.29) is 19.1 Å². The molecule has 0 spiro atoms. The Bertz CT molecular complexity index is 518.